The van der Waals surface area contributed by atoms with E-state index in [-0.39, 0.29) is 29.7 Å². The molecular formula is C19H14ClF5N2O3. The van der Waals surface area contributed by atoms with E-state index in [1.165, 1.54) is 6.07 Å². The van der Waals surface area contributed by atoms with Crippen molar-refractivity contribution in [1.29, 1.82) is 0 Å². The van der Waals surface area contributed by atoms with Gasteiger partial charge in [-0.2, -0.15) is 13.2 Å². The van der Waals surface area contributed by atoms with Crippen LogP contribution in [0.25, 0.3) is 0 Å². The number of nitrogens with zero attached hydrogens (tertiary/aromatic N) is 1. The molecule has 0 bridgehead atoms. The van der Waals surface area contributed by atoms with Crippen LogP contribution in [0, 0.1) is 11.6 Å². The highest BCUT2D eigenvalue weighted by molar-refractivity contribution is 6.30. The standard InChI is InChI=1S/C19H14ClF5N2O3/c20-12-5-10(6-13(21)8-12)9-26-16(28)18(30)3-4-27(17(18)29)15-2-1-11(7-14(15)22)19(23,24)25/h1-2,5-8,30H,3-4,9H2,(H,26,28)/t18-/m0/s1. The van der Waals surface area contributed by atoms with Gasteiger partial charge >= 0.3 is 6.18 Å². The minimum absolute atomic E-state index is 0.0823. The van der Waals surface area contributed by atoms with Crippen molar-refractivity contribution < 1.29 is 36.6 Å². The Morgan fingerprint density at radius 3 is 2.50 bits per heavy atom. The van der Waals surface area contributed by atoms with Gasteiger partial charge in [0.2, 0.25) is 5.60 Å². The topological polar surface area (TPSA) is 69.6 Å². The van der Waals surface area contributed by atoms with Crippen LogP contribution in [0.3, 0.4) is 0 Å². The normalized spacial score (nSPS) is 19.3. The molecule has 1 fully saturated rings. The number of aliphatic hydroxyl groups is 1. The van der Waals surface area contributed by atoms with Crippen molar-refractivity contribution in [1.82, 2.24) is 5.32 Å². The van der Waals surface area contributed by atoms with Crippen molar-refractivity contribution in [2.75, 3.05) is 11.4 Å². The van der Waals surface area contributed by atoms with Crippen LogP contribution in [0.1, 0.15) is 17.5 Å². The van der Waals surface area contributed by atoms with Crippen LogP contribution in [-0.4, -0.2) is 29.1 Å². The summed E-state index contributed by atoms with van der Waals surface area (Å²) in [5.41, 5.74) is -4.01. The van der Waals surface area contributed by atoms with Gasteiger partial charge in [0.1, 0.15) is 11.6 Å². The Labute approximate surface area is 172 Å². The number of amides is 2. The molecule has 5 nitrogen and oxygen atoms in total. The number of carbonyl (C=O) groups excluding carboxylic acids is 2. The van der Waals surface area contributed by atoms with Crippen molar-refractivity contribution in [3.63, 3.8) is 0 Å². The molecule has 0 aromatic heterocycles. The minimum Gasteiger partial charge on any atom is -0.372 e. The van der Waals surface area contributed by atoms with Crippen LogP contribution < -0.4 is 10.2 Å². The Bertz CT molecular complexity index is 994. The fraction of sp³-hybridized carbons (Fsp3) is 0.263. The van der Waals surface area contributed by atoms with E-state index in [4.69, 9.17) is 11.6 Å². The van der Waals surface area contributed by atoms with Crippen LogP contribution >= 0.6 is 11.6 Å². The predicted octanol–water partition coefficient (Wildman–Crippen LogP) is 3.42. The minimum atomic E-state index is -4.77. The van der Waals surface area contributed by atoms with Gasteiger partial charge in [0, 0.05) is 24.5 Å². The first kappa shape index (κ1) is 22.0. The van der Waals surface area contributed by atoms with Gasteiger partial charge in [0.15, 0.2) is 0 Å². The van der Waals surface area contributed by atoms with Crippen molar-refractivity contribution in [2.45, 2.75) is 24.7 Å². The van der Waals surface area contributed by atoms with Crippen molar-refractivity contribution in [2.24, 2.45) is 0 Å². The number of alkyl halides is 3. The average molecular weight is 449 g/mol. The molecule has 2 aromatic carbocycles. The first-order valence-corrected chi connectivity index (χ1v) is 8.94. The van der Waals surface area contributed by atoms with Gasteiger partial charge in [-0.25, -0.2) is 8.78 Å². The van der Waals surface area contributed by atoms with E-state index in [9.17, 15) is 36.6 Å². The number of hydrogen-bond donors (Lipinski definition) is 2. The number of hydrogen-bond acceptors (Lipinski definition) is 3. The van der Waals surface area contributed by atoms with Gasteiger partial charge in [-0.1, -0.05) is 11.6 Å². The molecule has 0 unspecified atom stereocenters. The summed E-state index contributed by atoms with van der Waals surface area (Å²) in [6.07, 6.45) is -5.18. The predicted molar refractivity (Wildman–Crippen MR) is 96.6 cm³/mol. The third-order valence-corrected chi connectivity index (χ3v) is 4.83. The van der Waals surface area contributed by atoms with Gasteiger partial charge in [-0.3, -0.25) is 9.59 Å². The van der Waals surface area contributed by atoms with E-state index in [0.717, 1.165) is 18.2 Å². The lowest BCUT2D eigenvalue weighted by Crippen LogP contribution is -2.52. The van der Waals surface area contributed by atoms with E-state index >= 15 is 0 Å². The third kappa shape index (κ3) is 4.24. The molecule has 1 saturated heterocycles. The third-order valence-electron chi connectivity index (χ3n) is 4.61. The van der Waals surface area contributed by atoms with E-state index in [1.54, 1.807) is 0 Å². The average Bonchev–Trinajstić information content (AvgIpc) is 2.94. The lowest BCUT2D eigenvalue weighted by Gasteiger charge is -2.22. The molecule has 2 N–H and O–H groups in total. The van der Waals surface area contributed by atoms with Gasteiger partial charge in [-0.05, 0) is 42.0 Å². The summed E-state index contributed by atoms with van der Waals surface area (Å²) in [5.74, 6) is -4.26. The first-order chi connectivity index (χ1) is 13.9. The number of carbonyl (C=O) groups is 2. The largest absolute Gasteiger partial charge is 0.416 e. The van der Waals surface area contributed by atoms with Crippen LogP contribution in [0.15, 0.2) is 36.4 Å². The van der Waals surface area contributed by atoms with Crippen LogP contribution in [0.5, 0.6) is 0 Å². The number of rotatable bonds is 4. The molecule has 0 aliphatic carbocycles. The van der Waals surface area contributed by atoms with Gasteiger partial charge in [0.25, 0.3) is 11.8 Å². The second-order valence-electron chi connectivity index (χ2n) is 6.69. The zero-order valence-electron chi connectivity index (χ0n) is 15.1. The molecular weight excluding hydrogens is 435 g/mol. The number of benzene rings is 2. The molecule has 2 amide bonds. The van der Waals surface area contributed by atoms with Crippen molar-refractivity contribution in [3.8, 4) is 0 Å². The summed E-state index contributed by atoms with van der Waals surface area (Å²) >= 11 is 5.72. The number of halogens is 6. The summed E-state index contributed by atoms with van der Waals surface area (Å²) in [4.78, 5) is 25.7. The maximum Gasteiger partial charge on any atom is 0.416 e. The molecule has 1 aliphatic rings. The van der Waals surface area contributed by atoms with Crippen LogP contribution in [-0.2, 0) is 22.3 Å². The molecule has 1 heterocycles. The quantitative estimate of drug-likeness (QED) is 0.556. The molecule has 1 atom stereocenters. The highest BCUT2D eigenvalue weighted by Crippen LogP contribution is 2.35. The zero-order chi connectivity index (χ0) is 22.3. The lowest BCUT2D eigenvalue weighted by atomic mass is 10.0. The smallest absolute Gasteiger partial charge is 0.372 e. The molecule has 0 radical (unpaired) electrons. The maximum atomic E-state index is 14.2. The Hall–Kier alpha value is -2.72. The summed E-state index contributed by atoms with van der Waals surface area (Å²) in [7, 11) is 0. The lowest BCUT2D eigenvalue weighted by molar-refractivity contribution is -0.149. The first-order valence-electron chi connectivity index (χ1n) is 8.56. The fourth-order valence-corrected chi connectivity index (χ4v) is 3.33. The summed E-state index contributed by atoms with van der Waals surface area (Å²) in [5, 5.41) is 12.9. The van der Waals surface area contributed by atoms with E-state index in [1.807, 2.05) is 0 Å². The second-order valence-corrected chi connectivity index (χ2v) is 7.13. The summed E-state index contributed by atoms with van der Waals surface area (Å²) < 4.78 is 65.6. The van der Waals surface area contributed by atoms with E-state index < -0.39 is 52.9 Å². The Balaban J connectivity index is 1.75. The van der Waals surface area contributed by atoms with Gasteiger partial charge in [0.05, 0.1) is 11.3 Å². The second kappa shape index (κ2) is 7.84. The molecule has 0 saturated carbocycles. The number of nitrogens with one attached hydrogen (secondary N) is 1. The Morgan fingerprint density at radius 1 is 1.20 bits per heavy atom. The van der Waals surface area contributed by atoms with Crippen LogP contribution in [0.4, 0.5) is 27.6 Å². The van der Waals surface area contributed by atoms with Crippen LogP contribution in [0.2, 0.25) is 5.02 Å². The molecule has 2 aromatic rings. The van der Waals surface area contributed by atoms with E-state index in [2.05, 4.69) is 5.32 Å². The molecule has 160 valence electrons. The monoisotopic (exact) mass is 448 g/mol. The Kier molecular flexibility index (Phi) is 5.74. The maximum absolute atomic E-state index is 14.2. The molecule has 11 heteroatoms. The van der Waals surface area contributed by atoms with E-state index in [0.29, 0.717) is 11.0 Å². The highest BCUT2D eigenvalue weighted by Gasteiger charge is 2.52. The zero-order valence-corrected chi connectivity index (χ0v) is 15.8. The molecule has 0 spiro atoms. The van der Waals surface area contributed by atoms with Crippen molar-refractivity contribution in [3.05, 3.63) is 64.2 Å². The Morgan fingerprint density at radius 2 is 1.90 bits per heavy atom. The van der Waals surface area contributed by atoms with Gasteiger partial charge in [-0.15, -0.1) is 0 Å². The molecule has 3 rings (SSSR count). The van der Waals surface area contributed by atoms with Crippen molar-refractivity contribution >= 4 is 29.1 Å². The fourth-order valence-electron chi connectivity index (χ4n) is 3.09. The van der Waals surface area contributed by atoms with Gasteiger partial charge < -0.3 is 15.3 Å². The SMILES string of the molecule is O=C(NCc1cc(F)cc(Cl)c1)[C@@]1(O)CCN(c2ccc(C(F)(F)F)cc2F)C1=O. The molecule has 30 heavy (non-hydrogen) atoms. The highest BCUT2D eigenvalue weighted by atomic mass is 35.5. The number of anilines is 1. The summed E-state index contributed by atoms with van der Waals surface area (Å²) in [6, 6.07) is 5.10. The molecule has 1 aliphatic heterocycles. The summed E-state index contributed by atoms with van der Waals surface area (Å²) in [6.45, 7) is -0.544.